The summed E-state index contributed by atoms with van der Waals surface area (Å²) in [6, 6.07) is 14.7. The second-order valence-electron chi connectivity index (χ2n) is 7.18. The van der Waals surface area contributed by atoms with Crippen LogP contribution in [0.5, 0.6) is 0 Å². The first-order chi connectivity index (χ1) is 14.9. The molecule has 0 bridgehead atoms. The number of rotatable bonds is 6. The monoisotopic (exact) mass is 457 g/mol. The molecule has 31 heavy (non-hydrogen) atoms. The van der Waals surface area contributed by atoms with Gasteiger partial charge in [-0.15, -0.1) is 11.8 Å². The van der Waals surface area contributed by atoms with Gasteiger partial charge in [0.2, 0.25) is 15.9 Å². The summed E-state index contributed by atoms with van der Waals surface area (Å²) >= 11 is 1.37. The number of thioether (sulfide) groups is 1. The van der Waals surface area contributed by atoms with E-state index < -0.39 is 10.0 Å². The number of amides is 1. The van der Waals surface area contributed by atoms with Crippen LogP contribution in [-0.2, 0) is 19.6 Å². The lowest BCUT2D eigenvalue weighted by Crippen LogP contribution is -2.41. The van der Waals surface area contributed by atoms with Gasteiger partial charge >= 0.3 is 0 Å². The predicted molar refractivity (Wildman–Crippen MR) is 122 cm³/mol. The number of fused-ring (bicyclic) bond motifs is 1. The van der Waals surface area contributed by atoms with Crippen LogP contribution in [0, 0.1) is 6.92 Å². The highest BCUT2D eigenvalue weighted by atomic mass is 32.2. The third-order valence-corrected chi connectivity index (χ3v) is 7.94. The van der Waals surface area contributed by atoms with E-state index in [1.165, 1.54) is 16.1 Å². The molecule has 1 fully saturated rings. The molecule has 4 rings (SSSR count). The Hall–Kier alpha value is -2.46. The second-order valence-corrected chi connectivity index (χ2v) is 10.1. The fourth-order valence-electron chi connectivity index (χ4n) is 3.39. The van der Waals surface area contributed by atoms with Crippen LogP contribution in [0.3, 0.4) is 0 Å². The lowest BCUT2D eigenvalue weighted by molar-refractivity contribution is -0.113. The zero-order valence-corrected chi connectivity index (χ0v) is 18.7. The Morgan fingerprint density at radius 2 is 1.94 bits per heavy atom. The molecule has 0 atom stereocenters. The van der Waals surface area contributed by atoms with Crippen molar-refractivity contribution in [2.24, 2.45) is 0 Å². The third-order valence-electron chi connectivity index (χ3n) is 4.95. The fraction of sp³-hybridized carbons (Fsp3) is 0.273. The zero-order chi connectivity index (χ0) is 21.8. The lowest BCUT2D eigenvalue weighted by Gasteiger charge is -2.27. The van der Waals surface area contributed by atoms with E-state index in [2.05, 4.69) is 10.3 Å². The molecule has 0 spiro atoms. The summed E-state index contributed by atoms with van der Waals surface area (Å²) in [4.78, 5) is 18.1. The fourth-order valence-corrected chi connectivity index (χ4v) is 5.88. The summed E-state index contributed by atoms with van der Waals surface area (Å²) in [6.45, 7) is 3.15. The Kier molecular flexibility index (Phi) is 6.57. The number of nitrogens with zero attached hydrogens (tertiary/aromatic N) is 2. The van der Waals surface area contributed by atoms with Gasteiger partial charge in [0.1, 0.15) is 4.90 Å². The number of benzene rings is 2. The van der Waals surface area contributed by atoms with Crippen molar-refractivity contribution in [3.05, 3.63) is 60.3 Å². The molecule has 1 aliphatic rings. The summed E-state index contributed by atoms with van der Waals surface area (Å²) in [7, 11) is -3.73. The third kappa shape index (κ3) is 4.90. The molecule has 2 heterocycles. The van der Waals surface area contributed by atoms with Gasteiger partial charge < -0.3 is 10.1 Å². The van der Waals surface area contributed by atoms with Crippen molar-refractivity contribution < 1.29 is 17.9 Å². The minimum absolute atomic E-state index is 0.111. The molecule has 1 saturated heterocycles. The van der Waals surface area contributed by atoms with Gasteiger partial charge in [0, 0.05) is 29.6 Å². The van der Waals surface area contributed by atoms with Crippen LogP contribution in [0.1, 0.15) is 5.56 Å². The molecular formula is C22H23N3O4S2. The maximum atomic E-state index is 13.2. The molecule has 0 radical (unpaired) electrons. The molecule has 1 N–H and O–H groups in total. The number of carbonyl (C=O) groups excluding carboxylic acids is 1. The predicted octanol–water partition coefficient (Wildman–Crippen LogP) is 3.29. The molecule has 2 aromatic carbocycles. The van der Waals surface area contributed by atoms with E-state index in [1.807, 2.05) is 37.3 Å². The van der Waals surface area contributed by atoms with Crippen LogP contribution in [-0.4, -0.2) is 55.7 Å². The quantitative estimate of drug-likeness (QED) is 0.572. The van der Waals surface area contributed by atoms with Crippen LogP contribution in [0.25, 0.3) is 10.9 Å². The van der Waals surface area contributed by atoms with E-state index in [9.17, 15) is 13.2 Å². The number of aromatic nitrogens is 1. The highest BCUT2D eigenvalue weighted by Gasteiger charge is 2.29. The minimum atomic E-state index is -3.73. The standard InChI is InChI=1S/C22H23N3O4S2/c1-16-7-8-18(20(14-16)31(27,28)25-10-12-29-13-11-25)24-21(26)15-30-19-6-2-4-17-5-3-9-23-22(17)19/h2-9,14H,10-13,15H2,1H3,(H,24,26). The number of nitrogens with one attached hydrogen (secondary N) is 1. The molecule has 9 heteroatoms. The first kappa shape index (κ1) is 21.8. The summed E-state index contributed by atoms with van der Waals surface area (Å²) < 4.78 is 33.0. The Balaban J connectivity index is 1.52. The maximum absolute atomic E-state index is 13.2. The highest BCUT2D eigenvalue weighted by molar-refractivity contribution is 8.00. The Labute approximate surface area is 185 Å². The number of anilines is 1. The van der Waals surface area contributed by atoms with E-state index in [1.54, 1.807) is 24.4 Å². The van der Waals surface area contributed by atoms with Gasteiger partial charge in [-0.05, 0) is 36.8 Å². The van der Waals surface area contributed by atoms with Gasteiger partial charge in [-0.3, -0.25) is 9.78 Å². The van der Waals surface area contributed by atoms with Gasteiger partial charge in [-0.25, -0.2) is 8.42 Å². The lowest BCUT2D eigenvalue weighted by atomic mass is 10.2. The van der Waals surface area contributed by atoms with Crippen LogP contribution in [0.2, 0.25) is 0 Å². The average molecular weight is 458 g/mol. The normalized spacial score (nSPS) is 15.1. The van der Waals surface area contributed by atoms with E-state index in [0.29, 0.717) is 32.0 Å². The van der Waals surface area contributed by atoms with Gasteiger partial charge in [0.15, 0.2) is 0 Å². The van der Waals surface area contributed by atoms with Crippen LogP contribution in [0.15, 0.2) is 64.5 Å². The molecular weight excluding hydrogens is 434 g/mol. The molecule has 0 saturated carbocycles. The number of ether oxygens (including phenoxy) is 1. The summed E-state index contributed by atoms with van der Waals surface area (Å²) in [5.74, 6) is -0.138. The maximum Gasteiger partial charge on any atom is 0.245 e. The number of morpholine rings is 1. The van der Waals surface area contributed by atoms with Crippen LogP contribution < -0.4 is 5.32 Å². The van der Waals surface area contributed by atoms with Gasteiger partial charge in [-0.2, -0.15) is 4.31 Å². The van der Waals surface area contributed by atoms with Crippen molar-refractivity contribution in [1.82, 2.24) is 9.29 Å². The van der Waals surface area contributed by atoms with Crippen molar-refractivity contribution in [2.75, 3.05) is 37.4 Å². The van der Waals surface area contributed by atoms with E-state index in [4.69, 9.17) is 4.74 Å². The number of sulfonamides is 1. The Bertz CT molecular complexity index is 1200. The van der Waals surface area contributed by atoms with E-state index in [0.717, 1.165) is 21.4 Å². The molecule has 1 amide bonds. The highest BCUT2D eigenvalue weighted by Crippen LogP contribution is 2.29. The molecule has 1 aliphatic heterocycles. The summed E-state index contributed by atoms with van der Waals surface area (Å²) in [6.07, 6.45) is 1.72. The van der Waals surface area contributed by atoms with Gasteiger partial charge in [0.25, 0.3) is 0 Å². The van der Waals surface area contributed by atoms with Gasteiger partial charge in [0.05, 0.1) is 30.2 Å². The summed E-state index contributed by atoms with van der Waals surface area (Å²) in [5.41, 5.74) is 1.94. The zero-order valence-electron chi connectivity index (χ0n) is 17.1. The Morgan fingerprint density at radius 1 is 1.16 bits per heavy atom. The molecule has 162 valence electrons. The SMILES string of the molecule is Cc1ccc(NC(=O)CSc2cccc3cccnc23)c(S(=O)(=O)N2CCOCC2)c1. The number of aryl methyl sites for hydroxylation is 1. The molecule has 0 unspecified atom stereocenters. The van der Waals surface area contributed by atoms with Crippen molar-refractivity contribution >= 4 is 44.3 Å². The van der Waals surface area contributed by atoms with E-state index in [-0.39, 0.29) is 16.6 Å². The Morgan fingerprint density at radius 3 is 2.74 bits per heavy atom. The molecule has 7 nitrogen and oxygen atoms in total. The minimum Gasteiger partial charge on any atom is -0.379 e. The average Bonchev–Trinajstić information content (AvgIpc) is 2.79. The second kappa shape index (κ2) is 9.35. The van der Waals surface area contributed by atoms with Crippen molar-refractivity contribution in [3.8, 4) is 0 Å². The molecule has 3 aromatic rings. The number of hydrogen-bond donors (Lipinski definition) is 1. The number of hydrogen-bond acceptors (Lipinski definition) is 6. The van der Waals surface area contributed by atoms with E-state index >= 15 is 0 Å². The number of pyridine rings is 1. The first-order valence-electron chi connectivity index (χ1n) is 9.90. The van der Waals surface area contributed by atoms with Gasteiger partial charge in [-0.1, -0.05) is 24.3 Å². The number of para-hydroxylation sites is 1. The van der Waals surface area contributed by atoms with Crippen LogP contribution >= 0.6 is 11.8 Å². The molecule has 0 aliphatic carbocycles. The number of carbonyl (C=O) groups is 1. The largest absolute Gasteiger partial charge is 0.379 e. The smallest absolute Gasteiger partial charge is 0.245 e. The van der Waals surface area contributed by atoms with Crippen molar-refractivity contribution in [2.45, 2.75) is 16.7 Å². The molecule has 1 aromatic heterocycles. The first-order valence-corrected chi connectivity index (χ1v) is 12.3. The van der Waals surface area contributed by atoms with Crippen LogP contribution in [0.4, 0.5) is 5.69 Å². The topological polar surface area (TPSA) is 88.6 Å². The van der Waals surface area contributed by atoms with Crippen molar-refractivity contribution in [3.63, 3.8) is 0 Å². The van der Waals surface area contributed by atoms with Crippen molar-refractivity contribution in [1.29, 1.82) is 0 Å². The summed E-state index contributed by atoms with van der Waals surface area (Å²) in [5, 5.41) is 3.79.